The predicted octanol–water partition coefficient (Wildman–Crippen LogP) is 0.285. The summed E-state index contributed by atoms with van der Waals surface area (Å²) in [6, 6.07) is 0. The summed E-state index contributed by atoms with van der Waals surface area (Å²) in [7, 11) is 0. The molecule has 76 valence electrons. The van der Waals surface area contributed by atoms with E-state index >= 15 is 0 Å². The Morgan fingerprint density at radius 2 is 2.31 bits per heavy atom. The number of nitrogens with one attached hydrogen (secondary N) is 1. The van der Waals surface area contributed by atoms with Gasteiger partial charge in [-0.2, -0.15) is 0 Å². The second-order valence-electron chi connectivity index (χ2n) is 2.98. The molecule has 5 nitrogen and oxygen atoms in total. The molecule has 0 heterocycles. The van der Waals surface area contributed by atoms with Crippen molar-refractivity contribution in [3.8, 4) is 0 Å². The summed E-state index contributed by atoms with van der Waals surface area (Å²) >= 11 is 0. The van der Waals surface area contributed by atoms with Crippen LogP contribution in [0, 0.1) is 5.92 Å². The maximum absolute atomic E-state index is 11.0. The fourth-order valence-electron chi connectivity index (χ4n) is 0.786. The van der Waals surface area contributed by atoms with Crippen molar-refractivity contribution >= 4 is 11.7 Å². The highest BCUT2D eigenvalue weighted by atomic mass is 16.4. The third kappa shape index (κ3) is 5.05. The lowest BCUT2D eigenvalue weighted by molar-refractivity contribution is -0.121. The van der Waals surface area contributed by atoms with E-state index in [9.17, 15) is 4.79 Å². The maximum atomic E-state index is 11.0. The number of oxime groups is 1. The zero-order valence-electron chi connectivity index (χ0n) is 8.08. The van der Waals surface area contributed by atoms with Crippen molar-refractivity contribution in [3.63, 3.8) is 0 Å². The summed E-state index contributed by atoms with van der Waals surface area (Å²) in [5.74, 6) is 0.00249. The minimum atomic E-state index is -0.134. The van der Waals surface area contributed by atoms with Crippen LogP contribution in [-0.4, -0.2) is 23.5 Å². The van der Waals surface area contributed by atoms with Crippen LogP contribution < -0.4 is 11.1 Å². The molecule has 0 saturated heterocycles. The van der Waals surface area contributed by atoms with Gasteiger partial charge in [-0.3, -0.25) is 4.79 Å². The highest BCUT2D eigenvalue weighted by Gasteiger charge is 2.08. The van der Waals surface area contributed by atoms with E-state index in [-0.39, 0.29) is 17.7 Å². The fraction of sp³-hybridized carbons (Fsp3) is 0.750. The van der Waals surface area contributed by atoms with Crippen LogP contribution in [0.1, 0.15) is 26.7 Å². The summed E-state index contributed by atoms with van der Waals surface area (Å²) in [5, 5.41) is 13.9. The van der Waals surface area contributed by atoms with Crippen molar-refractivity contribution in [2.24, 2.45) is 16.8 Å². The predicted molar refractivity (Wildman–Crippen MR) is 50.5 cm³/mol. The summed E-state index contributed by atoms with van der Waals surface area (Å²) in [6.45, 7) is 4.13. The van der Waals surface area contributed by atoms with Gasteiger partial charge in [-0.05, 0) is 6.42 Å². The van der Waals surface area contributed by atoms with Crippen LogP contribution >= 0.6 is 0 Å². The van der Waals surface area contributed by atoms with E-state index in [1.54, 1.807) is 6.92 Å². The number of hydrogen-bond donors (Lipinski definition) is 3. The van der Waals surface area contributed by atoms with E-state index in [2.05, 4.69) is 10.5 Å². The van der Waals surface area contributed by atoms with Crippen molar-refractivity contribution in [2.75, 3.05) is 6.54 Å². The standard InChI is InChI=1S/C8H17N3O2/c1-3-4-7(12)10-5-6(2)8(9)11-13/h6,13H,3-5H2,1-2H3,(H2,9,11)(H,10,12). The van der Waals surface area contributed by atoms with E-state index in [0.717, 1.165) is 6.42 Å². The van der Waals surface area contributed by atoms with Gasteiger partial charge in [0, 0.05) is 18.9 Å². The normalized spacial score (nSPS) is 13.8. The summed E-state index contributed by atoms with van der Waals surface area (Å²) in [4.78, 5) is 11.0. The molecular formula is C8H17N3O2. The molecule has 5 heteroatoms. The second kappa shape index (κ2) is 6.28. The minimum absolute atomic E-state index is 0.0000831. The van der Waals surface area contributed by atoms with Crippen molar-refractivity contribution in [1.82, 2.24) is 5.32 Å². The van der Waals surface area contributed by atoms with Gasteiger partial charge in [0.1, 0.15) is 5.84 Å². The Morgan fingerprint density at radius 1 is 1.69 bits per heavy atom. The number of hydrogen-bond acceptors (Lipinski definition) is 3. The molecule has 1 unspecified atom stereocenters. The molecule has 0 aromatic rings. The van der Waals surface area contributed by atoms with E-state index in [4.69, 9.17) is 10.9 Å². The van der Waals surface area contributed by atoms with Crippen molar-refractivity contribution in [1.29, 1.82) is 0 Å². The third-order valence-corrected chi connectivity index (χ3v) is 1.70. The molecule has 0 aromatic heterocycles. The van der Waals surface area contributed by atoms with Crippen molar-refractivity contribution < 1.29 is 10.0 Å². The molecule has 0 aliphatic heterocycles. The summed E-state index contributed by atoms with van der Waals surface area (Å²) < 4.78 is 0. The molecule has 0 saturated carbocycles. The van der Waals surface area contributed by atoms with Crippen LogP contribution in [0.15, 0.2) is 5.16 Å². The molecule has 0 aromatic carbocycles. The molecule has 0 aliphatic carbocycles. The number of rotatable bonds is 5. The molecule has 13 heavy (non-hydrogen) atoms. The second-order valence-corrected chi connectivity index (χ2v) is 2.98. The highest BCUT2D eigenvalue weighted by molar-refractivity contribution is 5.83. The van der Waals surface area contributed by atoms with Gasteiger partial charge in [0.25, 0.3) is 0 Å². The number of nitrogens with two attached hydrogens (primary N) is 1. The van der Waals surface area contributed by atoms with Gasteiger partial charge in [-0.15, -0.1) is 0 Å². The first-order chi connectivity index (χ1) is 6.11. The molecule has 0 aliphatic rings. The Labute approximate surface area is 78.0 Å². The van der Waals surface area contributed by atoms with E-state index in [0.29, 0.717) is 13.0 Å². The van der Waals surface area contributed by atoms with Gasteiger partial charge < -0.3 is 16.3 Å². The average molecular weight is 187 g/mol. The first-order valence-electron chi connectivity index (χ1n) is 4.35. The van der Waals surface area contributed by atoms with Gasteiger partial charge in [0.05, 0.1) is 0 Å². The number of carbonyl (C=O) groups is 1. The molecule has 0 radical (unpaired) electrons. The van der Waals surface area contributed by atoms with Gasteiger partial charge in [-0.1, -0.05) is 19.0 Å². The van der Waals surface area contributed by atoms with Crippen molar-refractivity contribution in [2.45, 2.75) is 26.7 Å². The Hall–Kier alpha value is -1.26. The minimum Gasteiger partial charge on any atom is -0.409 e. The van der Waals surface area contributed by atoms with Crippen LogP contribution in [0.4, 0.5) is 0 Å². The zero-order valence-corrected chi connectivity index (χ0v) is 8.08. The SMILES string of the molecule is CCCC(=O)NCC(C)C(N)=NO. The Kier molecular flexibility index (Phi) is 5.67. The highest BCUT2D eigenvalue weighted by Crippen LogP contribution is 1.93. The topological polar surface area (TPSA) is 87.7 Å². The molecule has 0 spiro atoms. The molecule has 4 N–H and O–H groups in total. The van der Waals surface area contributed by atoms with Crippen LogP contribution in [0.25, 0.3) is 0 Å². The lowest BCUT2D eigenvalue weighted by atomic mass is 10.1. The molecule has 0 fully saturated rings. The zero-order chi connectivity index (χ0) is 10.3. The fourth-order valence-corrected chi connectivity index (χ4v) is 0.786. The smallest absolute Gasteiger partial charge is 0.220 e. The molecule has 0 bridgehead atoms. The van der Waals surface area contributed by atoms with Gasteiger partial charge >= 0.3 is 0 Å². The Morgan fingerprint density at radius 3 is 2.77 bits per heavy atom. The Bertz CT molecular complexity index is 192. The van der Waals surface area contributed by atoms with Crippen LogP contribution in [0.2, 0.25) is 0 Å². The van der Waals surface area contributed by atoms with Crippen molar-refractivity contribution in [3.05, 3.63) is 0 Å². The first kappa shape index (κ1) is 11.7. The van der Waals surface area contributed by atoms with Crippen LogP contribution in [0.5, 0.6) is 0 Å². The van der Waals surface area contributed by atoms with Gasteiger partial charge in [0.2, 0.25) is 5.91 Å². The summed E-state index contributed by atoms with van der Waals surface area (Å²) in [6.07, 6.45) is 1.34. The van der Waals surface area contributed by atoms with Crippen LogP contribution in [-0.2, 0) is 4.79 Å². The number of carbonyl (C=O) groups excluding carboxylic acids is 1. The van der Waals surface area contributed by atoms with Crippen LogP contribution in [0.3, 0.4) is 0 Å². The lowest BCUT2D eigenvalue weighted by Crippen LogP contribution is -2.34. The monoisotopic (exact) mass is 187 g/mol. The van der Waals surface area contributed by atoms with Gasteiger partial charge in [-0.25, -0.2) is 0 Å². The third-order valence-electron chi connectivity index (χ3n) is 1.70. The number of nitrogens with zero attached hydrogens (tertiary/aromatic N) is 1. The van der Waals surface area contributed by atoms with E-state index < -0.39 is 0 Å². The largest absolute Gasteiger partial charge is 0.409 e. The average Bonchev–Trinajstić information content (AvgIpc) is 2.13. The van der Waals surface area contributed by atoms with E-state index in [1.165, 1.54) is 0 Å². The number of amides is 1. The molecule has 1 atom stereocenters. The summed E-state index contributed by atoms with van der Waals surface area (Å²) in [5.41, 5.74) is 5.33. The molecule has 0 rings (SSSR count). The molecule has 1 amide bonds. The van der Waals surface area contributed by atoms with E-state index in [1.807, 2.05) is 6.92 Å². The molecular weight excluding hydrogens is 170 g/mol. The quantitative estimate of drug-likeness (QED) is 0.250. The Balaban J connectivity index is 3.70. The number of amidine groups is 1. The van der Waals surface area contributed by atoms with Gasteiger partial charge in [0.15, 0.2) is 0 Å². The first-order valence-corrected chi connectivity index (χ1v) is 4.35. The maximum Gasteiger partial charge on any atom is 0.220 e. The lowest BCUT2D eigenvalue weighted by Gasteiger charge is -2.10.